The largest absolute Gasteiger partial charge is 0.478 e. The molecule has 1 saturated heterocycles. The predicted octanol–water partition coefficient (Wildman–Crippen LogP) is 6.06. The lowest BCUT2D eigenvalue weighted by Gasteiger charge is -2.26. The van der Waals surface area contributed by atoms with E-state index in [-0.39, 0.29) is 23.4 Å². The summed E-state index contributed by atoms with van der Waals surface area (Å²) < 4.78 is 0. The van der Waals surface area contributed by atoms with Crippen LogP contribution in [-0.2, 0) is 4.79 Å². The van der Waals surface area contributed by atoms with Crippen molar-refractivity contribution < 1.29 is 19.5 Å². The van der Waals surface area contributed by atoms with Gasteiger partial charge in [0.1, 0.15) is 6.04 Å². The maximum absolute atomic E-state index is 13.2. The number of anilines is 2. The van der Waals surface area contributed by atoms with Crippen LogP contribution in [0.1, 0.15) is 49.0 Å². The third kappa shape index (κ3) is 5.57. The molecular formula is C29H31N3O4. The molecule has 1 aliphatic heterocycles. The zero-order valence-corrected chi connectivity index (χ0v) is 20.7. The van der Waals surface area contributed by atoms with Crippen LogP contribution in [-0.4, -0.2) is 40.5 Å². The smallest absolute Gasteiger partial charge is 0.335 e. The Bertz CT molecular complexity index is 1240. The fraction of sp³-hybridized carbons (Fsp3) is 0.276. The quantitative estimate of drug-likeness (QED) is 0.395. The maximum atomic E-state index is 13.2. The number of carboxylic acid groups (broad SMARTS) is 1. The molecule has 3 N–H and O–H groups in total. The number of carbonyl (C=O) groups is 3. The number of rotatable bonds is 6. The lowest BCUT2D eigenvalue weighted by molar-refractivity contribution is -0.120. The fourth-order valence-electron chi connectivity index (χ4n) is 4.49. The van der Waals surface area contributed by atoms with Crippen molar-refractivity contribution in [1.29, 1.82) is 0 Å². The van der Waals surface area contributed by atoms with Crippen molar-refractivity contribution in [3.05, 3.63) is 83.9 Å². The van der Waals surface area contributed by atoms with Gasteiger partial charge in [0.15, 0.2) is 0 Å². The second kappa shape index (κ2) is 10.6. The molecule has 1 aliphatic rings. The minimum atomic E-state index is -0.965. The molecule has 7 nitrogen and oxygen atoms in total. The summed E-state index contributed by atoms with van der Waals surface area (Å²) in [5.41, 5.74) is 4.55. The van der Waals surface area contributed by atoms with E-state index in [1.54, 1.807) is 41.3 Å². The predicted molar refractivity (Wildman–Crippen MR) is 141 cm³/mol. The number of likely N-dealkylation sites (tertiary alicyclic amines) is 1. The van der Waals surface area contributed by atoms with Gasteiger partial charge in [0.05, 0.1) is 5.56 Å². The van der Waals surface area contributed by atoms with Gasteiger partial charge >= 0.3 is 12.0 Å². The van der Waals surface area contributed by atoms with Gasteiger partial charge in [-0.15, -0.1) is 0 Å². The minimum Gasteiger partial charge on any atom is -0.478 e. The highest BCUT2D eigenvalue weighted by Gasteiger charge is 2.39. The molecule has 0 bridgehead atoms. The minimum absolute atomic E-state index is 0.0334. The summed E-state index contributed by atoms with van der Waals surface area (Å²) in [6, 6.07) is 20.9. The number of benzene rings is 3. The molecule has 0 aromatic heterocycles. The highest BCUT2D eigenvalue weighted by molar-refractivity contribution is 6.00. The van der Waals surface area contributed by atoms with E-state index < -0.39 is 12.0 Å². The third-order valence-electron chi connectivity index (χ3n) is 6.68. The zero-order valence-electron chi connectivity index (χ0n) is 20.7. The SMILES string of the molecule is CC(C)c1ccc(NC(=O)N2CC[C@@H](C)[C@H]2C(=O)Nc2ccc(-c3ccc(C(=O)O)cc3)cc2)cc1. The van der Waals surface area contributed by atoms with Crippen LogP contribution in [0.25, 0.3) is 11.1 Å². The summed E-state index contributed by atoms with van der Waals surface area (Å²) >= 11 is 0. The van der Waals surface area contributed by atoms with Crippen LogP contribution in [0.3, 0.4) is 0 Å². The number of amides is 3. The number of carboxylic acids is 1. The Hall–Kier alpha value is -4.13. The van der Waals surface area contributed by atoms with Gasteiger partial charge < -0.3 is 20.6 Å². The molecule has 3 amide bonds. The molecule has 36 heavy (non-hydrogen) atoms. The lowest BCUT2D eigenvalue weighted by atomic mass is 10.0. The molecule has 0 saturated carbocycles. The molecule has 1 heterocycles. The van der Waals surface area contributed by atoms with Crippen molar-refractivity contribution in [2.45, 2.75) is 39.2 Å². The van der Waals surface area contributed by atoms with Gasteiger partial charge in [-0.05, 0) is 71.3 Å². The number of hydrogen-bond donors (Lipinski definition) is 3. The number of aromatic carboxylic acids is 1. The number of nitrogens with zero attached hydrogens (tertiary/aromatic N) is 1. The molecule has 0 radical (unpaired) electrons. The van der Waals surface area contributed by atoms with Crippen LogP contribution in [0.15, 0.2) is 72.8 Å². The second-order valence-corrected chi connectivity index (χ2v) is 9.56. The van der Waals surface area contributed by atoms with E-state index >= 15 is 0 Å². The lowest BCUT2D eigenvalue weighted by Crippen LogP contribution is -2.47. The molecule has 7 heteroatoms. The molecule has 0 aliphatic carbocycles. The van der Waals surface area contributed by atoms with E-state index in [0.717, 1.165) is 17.5 Å². The Morgan fingerprint density at radius 3 is 1.92 bits per heavy atom. The highest BCUT2D eigenvalue weighted by Crippen LogP contribution is 2.27. The summed E-state index contributed by atoms with van der Waals surface area (Å²) in [5.74, 6) is -0.740. The Morgan fingerprint density at radius 2 is 1.36 bits per heavy atom. The van der Waals surface area contributed by atoms with Gasteiger partial charge in [-0.2, -0.15) is 0 Å². The first-order valence-corrected chi connectivity index (χ1v) is 12.1. The third-order valence-corrected chi connectivity index (χ3v) is 6.68. The van der Waals surface area contributed by atoms with E-state index in [2.05, 4.69) is 24.5 Å². The van der Waals surface area contributed by atoms with Gasteiger partial charge in [-0.25, -0.2) is 9.59 Å². The first-order chi connectivity index (χ1) is 17.2. The Morgan fingerprint density at radius 1 is 0.833 bits per heavy atom. The van der Waals surface area contributed by atoms with Gasteiger partial charge in [0, 0.05) is 17.9 Å². The summed E-state index contributed by atoms with van der Waals surface area (Å²) in [6.07, 6.45) is 0.753. The normalized spacial score (nSPS) is 17.2. The topological polar surface area (TPSA) is 98.7 Å². The van der Waals surface area contributed by atoms with Gasteiger partial charge in [0.25, 0.3) is 0 Å². The van der Waals surface area contributed by atoms with Crippen molar-refractivity contribution in [3.8, 4) is 11.1 Å². The molecule has 3 aromatic rings. The van der Waals surface area contributed by atoms with Gasteiger partial charge in [0.2, 0.25) is 5.91 Å². The Kier molecular flexibility index (Phi) is 7.38. The summed E-state index contributed by atoms with van der Waals surface area (Å²) in [6.45, 7) is 6.74. The van der Waals surface area contributed by atoms with Crippen LogP contribution < -0.4 is 10.6 Å². The Balaban J connectivity index is 1.41. The van der Waals surface area contributed by atoms with Crippen LogP contribution in [0, 0.1) is 5.92 Å². The molecule has 186 valence electrons. The van der Waals surface area contributed by atoms with E-state index in [4.69, 9.17) is 5.11 Å². The molecular weight excluding hydrogens is 454 g/mol. The van der Waals surface area contributed by atoms with Crippen molar-refractivity contribution in [2.24, 2.45) is 5.92 Å². The summed E-state index contributed by atoms with van der Waals surface area (Å²) in [5, 5.41) is 14.9. The Labute approximate surface area is 211 Å². The second-order valence-electron chi connectivity index (χ2n) is 9.56. The standard InChI is InChI=1S/C29H31N3O4/c1-18(2)20-8-12-25(13-9-20)31-29(36)32-17-16-19(3)26(32)27(33)30-24-14-10-22(11-15-24)21-4-6-23(7-5-21)28(34)35/h4-15,18-19,26H,16-17H2,1-3H3,(H,30,33)(H,31,36)(H,34,35)/t19-,26+/m1/s1. The molecule has 2 atom stereocenters. The van der Waals surface area contributed by atoms with Crippen molar-refractivity contribution >= 4 is 29.3 Å². The molecule has 1 fully saturated rings. The van der Waals surface area contributed by atoms with E-state index in [1.165, 1.54) is 5.56 Å². The van der Waals surface area contributed by atoms with E-state index in [9.17, 15) is 14.4 Å². The number of hydrogen-bond acceptors (Lipinski definition) is 3. The van der Waals surface area contributed by atoms with Crippen LogP contribution >= 0.6 is 0 Å². The fourth-order valence-corrected chi connectivity index (χ4v) is 4.49. The zero-order chi connectivity index (χ0) is 25.8. The highest BCUT2D eigenvalue weighted by atomic mass is 16.4. The van der Waals surface area contributed by atoms with Crippen LogP contribution in [0.5, 0.6) is 0 Å². The van der Waals surface area contributed by atoms with Crippen molar-refractivity contribution in [2.75, 3.05) is 17.2 Å². The van der Waals surface area contributed by atoms with Gasteiger partial charge in [-0.1, -0.05) is 57.2 Å². The average Bonchev–Trinajstić information content (AvgIpc) is 3.26. The summed E-state index contributed by atoms with van der Waals surface area (Å²) in [7, 11) is 0. The van der Waals surface area contributed by atoms with Crippen LogP contribution in [0.2, 0.25) is 0 Å². The first kappa shape index (κ1) is 25.0. The molecule has 3 aromatic carbocycles. The first-order valence-electron chi connectivity index (χ1n) is 12.1. The average molecular weight is 486 g/mol. The van der Waals surface area contributed by atoms with Gasteiger partial charge in [-0.3, -0.25) is 4.79 Å². The van der Waals surface area contributed by atoms with E-state index in [0.29, 0.717) is 23.8 Å². The van der Waals surface area contributed by atoms with Crippen LogP contribution in [0.4, 0.5) is 16.2 Å². The number of carbonyl (C=O) groups excluding carboxylic acids is 2. The number of nitrogens with one attached hydrogen (secondary N) is 2. The number of urea groups is 1. The van der Waals surface area contributed by atoms with Crippen molar-refractivity contribution in [3.63, 3.8) is 0 Å². The molecule has 0 unspecified atom stereocenters. The molecule has 4 rings (SSSR count). The summed E-state index contributed by atoms with van der Waals surface area (Å²) in [4.78, 5) is 38.8. The molecule has 0 spiro atoms. The van der Waals surface area contributed by atoms with E-state index in [1.807, 2.05) is 43.3 Å². The monoisotopic (exact) mass is 485 g/mol. The maximum Gasteiger partial charge on any atom is 0.335 e. The van der Waals surface area contributed by atoms with Crippen molar-refractivity contribution in [1.82, 2.24) is 4.90 Å².